The zero-order chi connectivity index (χ0) is 28.1. The lowest BCUT2D eigenvalue weighted by molar-refractivity contribution is -0.114. The van der Waals surface area contributed by atoms with Gasteiger partial charge in [-0.2, -0.15) is 0 Å². The molecule has 5 aromatic rings. The molecule has 4 aromatic carbocycles. The average Bonchev–Trinajstić information content (AvgIpc) is 2.96. The highest BCUT2D eigenvalue weighted by Crippen LogP contribution is 2.34. The van der Waals surface area contributed by atoms with Crippen LogP contribution in [0, 0.1) is 0 Å². The molecule has 0 unspecified atom stereocenters. The van der Waals surface area contributed by atoms with Crippen LogP contribution >= 0.6 is 23.2 Å². The van der Waals surface area contributed by atoms with Gasteiger partial charge in [-0.1, -0.05) is 59.6 Å². The maximum Gasteiger partial charge on any atom is 0.279 e. The number of methoxy groups -OCH3 is 1. The molecule has 1 aromatic heterocycles. The van der Waals surface area contributed by atoms with Crippen molar-refractivity contribution in [1.82, 2.24) is 9.66 Å². The molecule has 0 aliphatic rings. The van der Waals surface area contributed by atoms with E-state index in [-0.39, 0.29) is 24.4 Å². The Hall–Kier alpha value is -4.53. The average molecular weight is 574 g/mol. The van der Waals surface area contributed by atoms with Gasteiger partial charge in [-0.15, -0.1) is 0 Å². The van der Waals surface area contributed by atoms with Gasteiger partial charge in [0, 0.05) is 17.8 Å². The van der Waals surface area contributed by atoms with E-state index in [2.05, 4.69) is 16.1 Å². The van der Waals surface area contributed by atoms with Crippen LogP contribution in [0.15, 0.2) is 95.8 Å². The van der Waals surface area contributed by atoms with Gasteiger partial charge >= 0.3 is 0 Å². The molecule has 10 heteroatoms. The molecular weight excluding hydrogens is 549 g/mol. The van der Waals surface area contributed by atoms with Crippen LogP contribution in [-0.4, -0.2) is 29.2 Å². The number of nitrogens with zero attached hydrogens (tertiary/aromatic N) is 2. The number of carbonyl (C=O) groups excluding carboxylic acids is 1. The van der Waals surface area contributed by atoms with Crippen molar-refractivity contribution in [3.63, 3.8) is 0 Å². The summed E-state index contributed by atoms with van der Waals surface area (Å²) in [6.07, 6.45) is 0.276. The third-order valence-corrected chi connectivity index (χ3v) is 6.83. The molecule has 0 radical (unpaired) electrons. The molecule has 1 amide bonds. The number of halogens is 2. The first kappa shape index (κ1) is 27.1. The summed E-state index contributed by atoms with van der Waals surface area (Å²) in [7, 11) is 1.57. The Morgan fingerprint density at radius 1 is 0.900 bits per heavy atom. The largest absolute Gasteiger partial charge is 0.497 e. The van der Waals surface area contributed by atoms with Gasteiger partial charge < -0.3 is 20.8 Å². The second-order valence-corrected chi connectivity index (χ2v) is 9.67. The van der Waals surface area contributed by atoms with E-state index in [1.54, 1.807) is 67.8 Å². The Morgan fingerprint density at radius 2 is 1.60 bits per heavy atom. The minimum absolute atomic E-state index is 0.159. The van der Waals surface area contributed by atoms with Gasteiger partial charge in [0.05, 0.1) is 33.7 Å². The van der Waals surface area contributed by atoms with Crippen LogP contribution < -0.4 is 26.4 Å². The van der Waals surface area contributed by atoms with Gasteiger partial charge in [-0.3, -0.25) is 9.59 Å². The second kappa shape index (κ2) is 12.1. The zero-order valence-electron chi connectivity index (χ0n) is 21.4. The van der Waals surface area contributed by atoms with Gasteiger partial charge in [-0.05, 0) is 60.2 Å². The van der Waals surface area contributed by atoms with E-state index in [9.17, 15) is 9.59 Å². The number of benzene rings is 4. The van der Waals surface area contributed by atoms with Crippen LogP contribution in [0.5, 0.6) is 5.75 Å². The summed E-state index contributed by atoms with van der Waals surface area (Å²) in [5.74, 6) is 0.785. The van der Waals surface area contributed by atoms with Crippen LogP contribution in [0.25, 0.3) is 10.9 Å². The molecule has 0 saturated carbocycles. The summed E-state index contributed by atoms with van der Waals surface area (Å²) in [5, 5.41) is 7.51. The van der Waals surface area contributed by atoms with Gasteiger partial charge in [-0.25, -0.2) is 9.66 Å². The van der Waals surface area contributed by atoms with E-state index < -0.39 is 0 Å². The van der Waals surface area contributed by atoms with Crippen molar-refractivity contribution in [2.24, 2.45) is 0 Å². The Bertz CT molecular complexity index is 1720. The maximum atomic E-state index is 13.5. The van der Waals surface area contributed by atoms with Gasteiger partial charge in [0.15, 0.2) is 0 Å². The molecule has 5 rings (SSSR count). The van der Waals surface area contributed by atoms with Gasteiger partial charge in [0.1, 0.15) is 18.1 Å². The second-order valence-electron chi connectivity index (χ2n) is 8.85. The van der Waals surface area contributed by atoms with E-state index in [1.807, 2.05) is 30.3 Å². The Kier molecular flexibility index (Phi) is 8.19. The molecule has 3 N–H and O–H groups in total. The molecule has 0 spiro atoms. The summed E-state index contributed by atoms with van der Waals surface area (Å²) in [4.78, 5) is 31.0. The number of fused-ring (bicyclic) bond motifs is 1. The number of ether oxygens (including phenoxy) is 1. The van der Waals surface area contributed by atoms with E-state index in [4.69, 9.17) is 32.9 Å². The third-order valence-electron chi connectivity index (χ3n) is 6.21. The number of aromatic nitrogens is 2. The van der Waals surface area contributed by atoms with Crippen LogP contribution in [0.1, 0.15) is 11.4 Å². The van der Waals surface area contributed by atoms with Crippen molar-refractivity contribution in [3.05, 3.63) is 123 Å². The minimum atomic E-state index is -0.327. The van der Waals surface area contributed by atoms with E-state index >= 15 is 0 Å². The standard InChI is InChI=1S/C30H25Cl2N5O3/c1-40-21-15-13-20(14-16-21)34-28(38)18-33-37-27(35-26-12-5-3-8-22(26)30(37)39)17-19-7-2-4-11-25(19)36-29-23(31)9-6-10-24(29)32/h2-16,33,36H,17-18H2,1H3,(H,34,38). The summed E-state index contributed by atoms with van der Waals surface area (Å²) < 4.78 is 6.48. The van der Waals surface area contributed by atoms with Gasteiger partial charge in [0.2, 0.25) is 5.91 Å². The smallest absolute Gasteiger partial charge is 0.279 e. The molecule has 0 atom stereocenters. The van der Waals surface area contributed by atoms with Gasteiger partial charge in [0.25, 0.3) is 5.56 Å². The molecule has 8 nitrogen and oxygen atoms in total. The fraction of sp³-hybridized carbons (Fsp3) is 0.100. The predicted octanol–water partition coefficient (Wildman–Crippen LogP) is 6.23. The monoisotopic (exact) mass is 573 g/mol. The summed E-state index contributed by atoms with van der Waals surface area (Å²) in [5.41, 5.74) is 6.00. The lowest BCUT2D eigenvalue weighted by atomic mass is 10.1. The number of nitrogens with one attached hydrogen (secondary N) is 3. The summed E-state index contributed by atoms with van der Waals surface area (Å²) in [6.45, 7) is -0.159. The highest BCUT2D eigenvalue weighted by atomic mass is 35.5. The predicted molar refractivity (Wildman–Crippen MR) is 161 cm³/mol. The maximum absolute atomic E-state index is 13.5. The molecule has 0 aliphatic carbocycles. The number of para-hydroxylation sites is 3. The molecule has 0 aliphatic heterocycles. The molecule has 0 saturated heterocycles. The molecule has 202 valence electrons. The number of rotatable bonds is 9. The molecule has 0 fully saturated rings. The number of amides is 1. The Labute approximate surface area is 240 Å². The van der Waals surface area contributed by atoms with E-state index in [0.717, 1.165) is 11.3 Å². The zero-order valence-corrected chi connectivity index (χ0v) is 23.0. The van der Waals surface area contributed by atoms with Crippen LogP contribution in [0.2, 0.25) is 10.0 Å². The number of anilines is 3. The van der Waals surface area contributed by atoms with Crippen LogP contribution in [-0.2, 0) is 11.2 Å². The fourth-order valence-electron chi connectivity index (χ4n) is 4.21. The van der Waals surface area contributed by atoms with Crippen LogP contribution in [0.4, 0.5) is 17.1 Å². The third kappa shape index (κ3) is 6.03. The van der Waals surface area contributed by atoms with Crippen molar-refractivity contribution < 1.29 is 9.53 Å². The number of carbonyl (C=O) groups is 1. The first-order valence-corrected chi connectivity index (χ1v) is 13.2. The van der Waals surface area contributed by atoms with Crippen molar-refractivity contribution >= 4 is 57.1 Å². The minimum Gasteiger partial charge on any atom is -0.497 e. The topological polar surface area (TPSA) is 97.3 Å². The fourth-order valence-corrected chi connectivity index (χ4v) is 4.70. The molecular formula is C30H25Cl2N5O3. The normalized spacial score (nSPS) is 10.8. The number of hydrogen-bond acceptors (Lipinski definition) is 6. The quantitative estimate of drug-likeness (QED) is 0.193. The van der Waals surface area contributed by atoms with E-state index in [0.29, 0.717) is 43.9 Å². The highest BCUT2D eigenvalue weighted by molar-refractivity contribution is 6.39. The molecule has 1 heterocycles. The Morgan fingerprint density at radius 3 is 2.35 bits per heavy atom. The lowest BCUT2D eigenvalue weighted by Gasteiger charge is -2.18. The van der Waals surface area contributed by atoms with Crippen molar-refractivity contribution in [2.75, 3.05) is 29.7 Å². The van der Waals surface area contributed by atoms with Crippen molar-refractivity contribution in [2.45, 2.75) is 6.42 Å². The highest BCUT2D eigenvalue weighted by Gasteiger charge is 2.15. The van der Waals surface area contributed by atoms with Crippen LogP contribution in [0.3, 0.4) is 0 Å². The van der Waals surface area contributed by atoms with Crippen molar-refractivity contribution in [3.8, 4) is 5.75 Å². The first-order chi connectivity index (χ1) is 19.4. The van der Waals surface area contributed by atoms with E-state index in [1.165, 1.54) is 4.68 Å². The SMILES string of the molecule is COc1ccc(NC(=O)CNn2c(Cc3ccccc3Nc3c(Cl)cccc3Cl)nc3ccccc3c2=O)cc1. The molecule has 0 bridgehead atoms. The molecule has 40 heavy (non-hydrogen) atoms. The summed E-state index contributed by atoms with van der Waals surface area (Å²) in [6, 6.07) is 27.0. The van der Waals surface area contributed by atoms with Crippen molar-refractivity contribution in [1.29, 1.82) is 0 Å². The Balaban J connectivity index is 1.44. The first-order valence-electron chi connectivity index (χ1n) is 12.4. The number of hydrogen-bond donors (Lipinski definition) is 3. The summed E-state index contributed by atoms with van der Waals surface area (Å²) >= 11 is 12.8. The lowest BCUT2D eigenvalue weighted by Crippen LogP contribution is -2.37.